The van der Waals surface area contributed by atoms with E-state index in [9.17, 15) is 23.4 Å². The fraction of sp³-hybridized carbons (Fsp3) is 0.240. The summed E-state index contributed by atoms with van der Waals surface area (Å²) in [6.07, 6.45) is -0.137. The van der Waals surface area contributed by atoms with Crippen LogP contribution in [0.15, 0.2) is 76.5 Å². The van der Waals surface area contributed by atoms with E-state index in [4.69, 9.17) is 17.3 Å². The Kier molecular flexibility index (Phi) is 7.67. The molecule has 0 saturated carbocycles. The molecule has 1 amide bonds. The number of nitrogens with one attached hydrogen (secondary N) is 1. The minimum atomic E-state index is -3.91. The maximum absolute atomic E-state index is 13.0. The summed E-state index contributed by atoms with van der Waals surface area (Å²) in [6.45, 7) is 4.30. The van der Waals surface area contributed by atoms with Crippen LogP contribution in [0.2, 0.25) is 5.02 Å². The van der Waals surface area contributed by atoms with E-state index < -0.39 is 21.8 Å². The van der Waals surface area contributed by atoms with E-state index in [1.54, 1.807) is 30.3 Å². The van der Waals surface area contributed by atoms with Gasteiger partial charge >= 0.3 is 0 Å². The van der Waals surface area contributed by atoms with Gasteiger partial charge in [0.25, 0.3) is 5.91 Å². The summed E-state index contributed by atoms with van der Waals surface area (Å²) >= 11 is 5.99. The van der Waals surface area contributed by atoms with Crippen molar-refractivity contribution in [1.29, 1.82) is 0 Å². The minimum Gasteiger partial charge on any atom is -0.507 e. The maximum atomic E-state index is 13.0. The van der Waals surface area contributed by atoms with Gasteiger partial charge in [0.2, 0.25) is 9.84 Å². The number of carbonyl (C=O) groups is 1. The lowest BCUT2D eigenvalue weighted by molar-refractivity contribution is 0.0997. The predicted octanol–water partition coefficient (Wildman–Crippen LogP) is 3.62. The number of amides is 1. The molecule has 7 nitrogen and oxygen atoms in total. The van der Waals surface area contributed by atoms with E-state index >= 15 is 0 Å². The van der Waals surface area contributed by atoms with Crippen LogP contribution in [0.25, 0.3) is 0 Å². The molecule has 0 unspecified atom stereocenters. The van der Waals surface area contributed by atoms with E-state index in [0.29, 0.717) is 18.0 Å². The van der Waals surface area contributed by atoms with Gasteiger partial charge in [-0.25, -0.2) is 8.42 Å². The molecule has 3 aromatic rings. The van der Waals surface area contributed by atoms with Crippen LogP contribution in [0.1, 0.15) is 41.4 Å². The number of rotatable bonds is 9. The highest BCUT2D eigenvalue weighted by Gasteiger charge is 2.23. The molecule has 0 fully saturated rings. The highest BCUT2D eigenvalue weighted by Crippen LogP contribution is 2.27. The molecule has 1 atom stereocenters. The summed E-state index contributed by atoms with van der Waals surface area (Å²) in [7, 11) is -3.91. The second-order valence-electron chi connectivity index (χ2n) is 8.70. The van der Waals surface area contributed by atoms with Crippen molar-refractivity contribution in [3.05, 3.63) is 88.4 Å². The smallest absolute Gasteiger partial charge is 0.252 e. The molecule has 180 valence electrons. The molecule has 0 bridgehead atoms. The zero-order chi connectivity index (χ0) is 25.1. The van der Waals surface area contributed by atoms with Gasteiger partial charge in [-0.05, 0) is 73.9 Å². The van der Waals surface area contributed by atoms with Crippen molar-refractivity contribution in [3.8, 4) is 5.75 Å². The number of hydrogen-bond donors (Lipinski definition) is 4. The molecule has 34 heavy (non-hydrogen) atoms. The van der Waals surface area contributed by atoms with Crippen molar-refractivity contribution in [3.63, 3.8) is 0 Å². The molecule has 0 heterocycles. The predicted molar refractivity (Wildman–Crippen MR) is 131 cm³/mol. The number of sulfone groups is 1. The Labute approximate surface area is 204 Å². The zero-order valence-electron chi connectivity index (χ0n) is 18.8. The number of hydrogen-bond acceptors (Lipinski definition) is 6. The number of halogens is 1. The number of benzene rings is 3. The Bertz CT molecular complexity index is 1290. The highest BCUT2D eigenvalue weighted by atomic mass is 35.5. The number of aliphatic hydroxyl groups is 1. The highest BCUT2D eigenvalue weighted by molar-refractivity contribution is 7.91. The van der Waals surface area contributed by atoms with Crippen molar-refractivity contribution in [2.24, 2.45) is 5.73 Å². The monoisotopic (exact) mass is 502 g/mol. The normalized spacial score (nSPS) is 12.9. The third-order valence-electron chi connectivity index (χ3n) is 5.43. The number of nitrogens with two attached hydrogens (primary N) is 1. The topological polar surface area (TPSA) is 130 Å². The van der Waals surface area contributed by atoms with E-state index in [-0.39, 0.29) is 26.6 Å². The van der Waals surface area contributed by atoms with Crippen LogP contribution >= 0.6 is 11.6 Å². The molecule has 3 aromatic carbocycles. The standard InChI is InChI=1S/C25H27ClN2O5S/c1-25(2,28-15-23(30)17-4-3-5-18(26)12-17)14-16-6-8-19(9-7-16)34(32,33)20-10-11-22(29)21(13-20)24(27)31/h3-13,23,28-30H,14-15H2,1-2H3,(H2,27,31)/t23-/m0/s1. The number of β-amino-alcohol motifs (C(OH)–C–C–N with tert-alkyl or cyclic N) is 1. The first-order chi connectivity index (χ1) is 15.9. The molecular weight excluding hydrogens is 476 g/mol. The summed E-state index contributed by atoms with van der Waals surface area (Å²) in [5.74, 6) is -1.29. The lowest BCUT2D eigenvalue weighted by Crippen LogP contribution is -2.43. The molecular formula is C25H27ClN2O5S. The summed E-state index contributed by atoms with van der Waals surface area (Å²) in [4.78, 5) is 11.4. The van der Waals surface area contributed by atoms with Gasteiger partial charge in [0.15, 0.2) is 0 Å². The molecule has 0 aliphatic heterocycles. The van der Waals surface area contributed by atoms with Crippen molar-refractivity contribution in [2.75, 3.05) is 6.54 Å². The summed E-state index contributed by atoms with van der Waals surface area (Å²) in [5.41, 5.74) is 6.19. The molecule has 3 rings (SSSR count). The first kappa shape index (κ1) is 25.7. The van der Waals surface area contributed by atoms with E-state index in [2.05, 4.69) is 5.32 Å². The molecule has 0 spiro atoms. The lowest BCUT2D eigenvalue weighted by atomic mass is 9.94. The molecule has 0 aliphatic rings. The molecule has 0 aliphatic carbocycles. The lowest BCUT2D eigenvalue weighted by Gasteiger charge is -2.28. The number of carbonyl (C=O) groups excluding carboxylic acids is 1. The van der Waals surface area contributed by atoms with Crippen LogP contribution in [-0.2, 0) is 16.3 Å². The number of primary amides is 1. The molecule has 0 saturated heterocycles. The van der Waals surface area contributed by atoms with Crippen LogP contribution in [0, 0.1) is 0 Å². The maximum Gasteiger partial charge on any atom is 0.252 e. The summed E-state index contributed by atoms with van der Waals surface area (Å²) < 4.78 is 25.9. The number of aromatic hydroxyl groups is 1. The first-order valence-corrected chi connectivity index (χ1v) is 12.4. The molecule has 0 radical (unpaired) electrons. The van der Waals surface area contributed by atoms with E-state index in [1.165, 1.54) is 18.2 Å². The van der Waals surface area contributed by atoms with Crippen LogP contribution in [0.5, 0.6) is 5.75 Å². The fourth-order valence-electron chi connectivity index (χ4n) is 3.58. The zero-order valence-corrected chi connectivity index (χ0v) is 20.4. The van der Waals surface area contributed by atoms with E-state index in [0.717, 1.165) is 23.3 Å². The van der Waals surface area contributed by atoms with Gasteiger partial charge in [-0.1, -0.05) is 35.9 Å². The van der Waals surface area contributed by atoms with Gasteiger partial charge in [0.1, 0.15) is 5.75 Å². The van der Waals surface area contributed by atoms with Gasteiger partial charge < -0.3 is 21.3 Å². The molecule has 0 aromatic heterocycles. The second-order valence-corrected chi connectivity index (χ2v) is 11.1. The Morgan fingerprint density at radius 1 is 1.06 bits per heavy atom. The van der Waals surface area contributed by atoms with Gasteiger partial charge in [0.05, 0.1) is 21.5 Å². The van der Waals surface area contributed by atoms with Crippen molar-refractivity contribution < 1.29 is 23.4 Å². The summed E-state index contributed by atoms with van der Waals surface area (Å²) in [6, 6.07) is 16.9. The average molecular weight is 503 g/mol. The van der Waals surface area contributed by atoms with E-state index in [1.807, 2.05) is 19.9 Å². The third-order valence-corrected chi connectivity index (χ3v) is 7.43. The number of aliphatic hydroxyl groups excluding tert-OH is 1. The number of phenols is 1. The Balaban J connectivity index is 1.70. The van der Waals surface area contributed by atoms with Crippen molar-refractivity contribution in [1.82, 2.24) is 5.32 Å². The average Bonchev–Trinajstić information content (AvgIpc) is 2.77. The SMILES string of the molecule is CC(C)(Cc1ccc(S(=O)(=O)c2ccc(O)c(C(N)=O)c2)cc1)NC[C@H](O)c1cccc(Cl)c1. The Morgan fingerprint density at radius 3 is 2.32 bits per heavy atom. The second kappa shape index (κ2) is 10.1. The molecule has 9 heteroatoms. The third kappa shape index (κ3) is 6.15. The van der Waals surface area contributed by atoms with Crippen LogP contribution in [0.3, 0.4) is 0 Å². The van der Waals surface area contributed by atoms with Crippen molar-refractivity contribution in [2.45, 2.75) is 41.7 Å². The first-order valence-electron chi connectivity index (χ1n) is 10.5. The quantitative estimate of drug-likeness (QED) is 0.353. The molecule has 5 N–H and O–H groups in total. The van der Waals surface area contributed by atoms with Gasteiger partial charge in [-0.3, -0.25) is 4.79 Å². The Morgan fingerprint density at radius 2 is 1.71 bits per heavy atom. The fourth-order valence-corrected chi connectivity index (χ4v) is 5.07. The van der Waals surface area contributed by atoms with Gasteiger partial charge in [-0.15, -0.1) is 0 Å². The van der Waals surface area contributed by atoms with Gasteiger partial charge in [0, 0.05) is 17.1 Å². The van der Waals surface area contributed by atoms with Crippen LogP contribution < -0.4 is 11.1 Å². The summed E-state index contributed by atoms with van der Waals surface area (Å²) in [5, 5.41) is 24.1. The Hall–Kier alpha value is -2.91. The van der Waals surface area contributed by atoms with Crippen molar-refractivity contribution >= 4 is 27.3 Å². The minimum absolute atomic E-state index is 0.0551. The van der Waals surface area contributed by atoms with Crippen LogP contribution in [-0.4, -0.2) is 36.6 Å². The largest absolute Gasteiger partial charge is 0.507 e. The van der Waals surface area contributed by atoms with Gasteiger partial charge in [-0.2, -0.15) is 0 Å². The van der Waals surface area contributed by atoms with Crippen LogP contribution in [0.4, 0.5) is 0 Å².